The molecular weight excluding hydrogens is 485 g/mol. The molecule has 1 saturated heterocycles. The third-order valence-corrected chi connectivity index (χ3v) is 7.88. The van der Waals surface area contributed by atoms with Gasteiger partial charge in [0.1, 0.15) is 5.69 Å². The largest absolute Gasteiger partial charge is 0.416 e. The van der Waals surface area contributed by atoms with Crippen LogP contribution >= 0.6 is 24.2 Å². The number of benzene rings is 1. The molecule has 5 rings (SSSR count). The van der Waals surface area contributed by atoms with Gasteiger partial charge in [-0.25, -0.2) is 4.98 Å². The van der Waals surface area contributed by atoms with E-state index in [0.717, 1.165) is 55.4 Å². The number of hydrogen-bond acceptors (Lipinski definition) is 6. The van der Waals surface area contributed by atoms with E-state index < -0.39 is 11.7 Å². The zero-order chi connectivity index (χ0) is 23.1. The van der Waals surface area contributed by atoms with Gasteiger partial charge in [0, 0.05) is 31.7 Å². The molecule has 1 aliphatic heterocycles. The van der Waals surface area contributed by atoms with Gasteiger partial charge in [0.25, 0.3) is 0 Å². The van der Waals surface area contributed by atoms with Crippen LogP contribution in [0.15, 0.2) is 48.0 Å². The lowest BCUT2D eigenvalue weighted by Crippen LogP contribution is -2.23. The van der Waals surface area contributed by atoms with E-state index in [9.17, 15) is 13.2 Å². The fourth-order valence-corrected chi connectivity index (χ4v) is 5.71. The summed E-state index contributed by atoms with van der Waals surface area (Å²) in [5, 5.41) is 9.39. The third-order valence-electron chi connectivity index (χ3n) is 6.77. The fourth-order valence-electron chi connectivity index (χ4n) is 4.88. The van der Waals surface area contributed by atoms with E-state index >= 15 is 0 Å². The van der Waals surface area contributed by atoms with Gasteiger partial charge in [-0.15, -0.1) is 22.6 Å². The molecule has 2 atom stereocenters. The molecule has 1 saturated carbocycles. The van der Waals surface area contributed by atoms with Crippen molar-refractivity contribution in [3.8, 4) is 11.5 Å². The predicted molar refractivity (Wildman–Crippen MR) is 127 cm³/mol. The molecule has 0 amide bonds. The van der Waals surface area contributed by atoms with Gasteiger partial charge in [-0.05, 0) is 61.4 Å². The molecule has 2 fully saturated rings. The summed E-state index contributed by atoms with van der Waals surface area (Å²) in [5.41, 5.74) is 1.43. The number of aromatic nitrogens is 5. The summed E-state index contributed by atoms with van der Waals surface area (Å²) in [6, 6.07) is 5.76. The second-order valence-corrected chi connectivity index (χ2v) is 9.98. The van der Waals surface area contributed by atoms with Crippen molar-refractivity contribution >= 4 is 24.2 Å². The lowest BCUT2D eigenvalue weighted by Gasteiger charge is -2.16. The minimum atomic E-state index is -4.27. The Balaban J connectivity index is 0.00000274. The van der Waals surface area contributed by atoms with Crippen molar-refractivity contribution < 1.29 is 13.2 Å². The normalized spacial score (nSPS) is 22.2. The van der Waals surface area contributed by atoms with Gasteiger partial charge < -0.3 is 9.47 Å². The van der Waals surface area contributed by atoms with Crippen molar-refractivity contribution in [2.24, 2.45) is 12.5 Å². The Kier molecular flexibility index (Phi) is 7.21. The summed E-state index contributed by atoms with van der Waals surface area (Å²) >= 11 is 1.68. The number of rotatable bonds is 7. The van der Waals surface area contributed by atoms with Crippen molar-refractivity contribution in [1.29, 1.82) is 0 Å². The molecule has 1 spiro atoms. The lowest BCUT2D eigenvalue weighted by atomic mass is 9.97. The first-order valence-corrected chi connectivity index (χ1v) is 12.0. The Morgan fingerprint density at radius 2 is 1.94 bits per heavy atom. The van der Waals surface area contributed by atoms with Gasteiger partial charge in [-0.3, -0.25) is 4.98 Å². The molecule has 6 nitrogen and oxygen atoms in total. The smallest absolute Gasteiger partial charge is 0.304 e. The van der Waals surface area contributed by atoms with Crippen LogP contribution in [0.5, 0.6) is 0 Å². The Morgan fingerprint density at radius 3 is 2.65 bits per heavy atom. The van der Waals surface area contributed by atoms with Crippen LogP contribution in [-0.4, -0.2) is 55.0 Å². The molecule has 11 heteroatoms. The monoisotopic (exact) mass is 510 g/mol. The average Bonchev–Trinajstić information content (AvgIpc) is 3.15. The van der Waals surface area contributed by atoms with E-state index in [4.69, 9.17) is 0 Å². The van der Waals surface area contributed by atoms with Crippen LogP contribution in [-0.2, 0) is 13.2 Å². The van der Waals surface area contributed by atoms with Crippen molar-refractivity contribution in [2.75, 3.05) is 25.4 Å². The number of nitrogens with zero attached hydrogens (tertiary/aromatic N) is 6. The highest BCUT2D eigenvalue weighted by Crippen LogP contribution is 2.64. The van der Waals surface area contributed by atoms with E-state index in [1.165, 1.54) is 12.1 Å². The quantitative estimate of drug-likeness (QED) is 0.326. The first-order chi connectivity index (χ1) is 15.9. The van der Waals surface area contributed by atoms with Gasteiger partial charge in [-0.1, -0.05) is 23.9 Å². The molecule has 1 aliphatic carbocycles. The van der Waals surface area contributed by atoms with Crippen molar-refractivity contribution in [3.05, 3.63) is 54.0 Å². The van der Waals surface area contributed by atoms with E-state index in [-0.39, 0.29) is 17.8 Å². The van der Waals surface area contributed by atoms with Crippen molar-refractivity contribution in [1.82, 2.24) is 29.6 Å². The third kappa shape index (κ3) is 5.08. The van der Waals surface area contributed by atoms with Gasteiger partial charge in [0.2, 0.25) is 0 Å². The predicted octanol–water partition coefficient (Wildman–Crippen LogP) is 5.07. The number of halogens is 4. The Hall–Kier alpha value is -2.17. The molecule has 2 aliphatic rings. The fraction of sp³-hybridized carbons (Fsp3) is 0.478. The molecule has 34 heavy (non-hydrogen) atoms. The Bertz CT molecular complexity index is 1110. The van der Waals surface area contributed by atoms with E-state index in [1.807, 2.05) is 11.6 Å². The minimum absolute atomic E-state index is 0. The van der Waals surface area contributed by atoms with Crippen molar-refractivity contribution in [3.63, 3.8) is 0 Å². The van der Waals surface area contributed by atoms with E-state index in [1.54, 1.807) is 42.5 Å². The van der Waals surface area contributed by atoms with Crippen LogP contribution in [0.4, 0.5) is 13.2 Å². The summed E-state index contributed by atoms with van der Waals surface area (Å²) < 4.78 is 40.4. The van der Waals surface area contributed by atoms with Gasteiger partial charge >= 0.3 is 6.18 Å². The number of likely N-dealkylation sites (tertiary alicyclic amines) is 1. The van der Waals surface area contributed by atoms with Gasteiger partial charge in [0.15, 0.2) is 11.0 Å². The SMILES string of the molecule is Cl.Cn1c(SCCCN2CC[C@]3(C[C@@H]3c3ccc(C(F)(F)F)cc3)C2)nnc1-c1cnccn1. The molecule has 0 bridgehead atoms. The van der Waals surface area contributed by atoms with Crippen LogP contribution in [0.1, 0.15) is 36.3 Å². The summed E-state index contributed by atoms with van der Waals surface area (Å²) in [6.45, 7) is 3.11. The summed E-state index contributed by atoms with van der Waals surface area (Å²) in [5.74, 6) is 2.03. The zero-order valence-corrected chi connectivity index (χ0v) is 20.3. The zero-order valence-electron chi connectivity index (χ0n) is 18.7. The highest BCUT2D eigenvalue weighted by atomic mass is 35.5. The molecule has 0 unspecified atom stereocenters. The molecule has 0 N–H and O–H groups in total. The molecular formula is C23H26ClF3N6S. The van der Waals surface area contributed by atoms with Crippen LogP contribution in [0.3, 0.4) is 0 Å². The highest BCUT2D eigenvalue weighted by Gasteiger charge is 2.57. The maximum atomic E-state index is 12.8. The summed E-state index contributed by atoms with van der Waals surface area (Å²) in [7, 11) is 1.94. The molecule has 182 valence electrons. The molecule has 1 aromatic carbocycles. The lowest BCUT2D eigenvalue weighted by molar-refractivity contribution is -0.137. The van der Waals surface area contributed by atoms with Crippen LogP contribution in [0.25, 0.3) is 11.5 Å². The molecule has 3 aromatic rings. The first kappa shape index (κ1) is 24.9. The van der Waals surface area contributed by atoms with Crippen LogP contribution < -0.4 is 0 Å². The Labute approximate surface area is 206 Å². The standard InChI is InChI=1S/C23H25F3N6S.ClH/c1-31-20(19-14-27-8-9-28-19)29-30-21(31)33-12-2-10-32-11-7-22(15-32)13-18(22)16-3-5-17(6-4-16)23(24,25)26;/h3-6,8-9,14,18H,2,7,10-13,15H2,1H3;1H/t18-,22+;/m1./s1. The van der Waals surface area contributed by atoms with Crippen LogP contribution in [0, 0.1) is 5.41 Å². The summed E-state index contributed by atoms with van der Waals surface area (Å²) in [4.78, 5) is 10.9. The second kappa shape index (κ2) is 9.83. The molecule has 0 radical (unpaired) electrons. The topological polar surface area (TPSA) is 59.7 Å². The maximum absolute atomic E-state index is 12.8. The second-order valence-electron chi connectivity index (χ2n) is 8.92. The summed E-state index contributed by atoms with van der Waals surface area (Å²) in [6.07, 6.45) is 3.91. The minimum Gasteiger partial charge on any atom is -0.304 e. The molecule has 3 heterocycles. The van der Waals surface area contributed by atoms with Crippen molar-refractivity contribution in [2.45, 2.75) is 36.5 Å². The van der Waals surface area contributed by atoms with Gasteiger partial charge in [-0.2, -0.15) is 13.2 Å². The van der Waals surface area contributed by atoms with E-state index in [0.29, 0.717) is 17.4 Å². The highest BCUT2D eigenvalue weighted by molar-refractivity contribution is 7.99. The number of thioether (sulfide) groups is 1. The van der Waals surface area contributed by atoms with Gasteiger partial charge in [0.05, 0.1) is 11.8 Å². The number of hydrogen-bond donors (Lipinski definition) is 0. The maximum Gasteiger partial charge on any atom is 0.416 e. The average molecular weight is 511 g/mol. The van der Waals surface area contributed by atoms with E-state index in [2.05, 4.69) is 25.1 Å². The molecule has 2 aromatic heterocycles. The Morgan fingerprint density at radius 1 is 1.15 bits per heavy atom. The number of alkyl halides is 3. The first-order valence-electron chi connectivity index (χ1n) is 11.0. The van der Waals surface area contributed by atoms with Crippen LogP contribution in [0.2, 0.25) is 0 Å².